The summed E-state index contributed by atoms with van der Waals surface area (Å²) in [5.41, 5.74) is 3.93. The number of likely N-dealkylation sites (tertiary alicyclic amines) is 1. The first-order chi connectivity index (χ1) is 14.3. The molecule has 2 saturated heterocycles. The topological polar surface area (TPSA) is 32.8 Å². The van der Waals surface area contributed by atoms with E-state index in [2.05, 4.69) is 59.5 Å². The minimum absolute atomic E-state index is 0.314. The zero-order valence-electron chi connectivity index (χ0n) is 17.3. The molecule has 1 amide bonds. The van der Waals surface area contributed by atoms with Crippen LogP contribution in [0.3, 0.4) is 0 Å². The van der Waals surface area contributed by atoms with E-state index in [1.165, 1.54) is 29.5 Å². The molecule has 2 aromatic rings. The highest BCUT2D eigenvalue weighted by atomic mass is 16.5. The van der Waals surface area contributed by atoms with E-state index in [-0.39, 0.29) is 0 Å². The minimum Gasteiger partial charge on any atom is -0.378 e. The molecule has 0 bridgehead atoms. The number of nitrogens with zero attached hydrogens (tertiary/aromatic N) is 2. The van der Waals surface area contributed by atoms with Crippen LogP contribution in [0.5, 0.6) is 0 Å². The average Bonchev–Trinajstić information content (AvgIpc) is 2.80. The van der Waals surface area contributed by atoms with Gasteiger partial charge in [-0.25, -0.2) is 0 Å². The van der Waals surface area contributed by atoms with Crippen LogP contribution >= 0.6 is 0 Å². The molecule has 0 radical (unpaired) electrons. The highest BCUT2D eigenvalue weighted by molar-refractivity contribution is 5.76. The van der Waals surface area contributed by atoms with Crippen LogP contribution in [0.25, 0.3) is 11.1 Å². The molecular weight excluding hydrogens is 360 g/mol. The second-order valence-corrected chi connectivity index (χ2v) is 8.31. The van der Waals surface area contributed by atoms with Crippen molar-refractivity contribution in [3.8, 4) is 11.1 Å². The van der Waals surface area contributed by atoms with Crippen LogP contribution in [0, 0.1) is 5.92 Å². The van der Waals surface area contributed by atoms with Crippen molar-refractivity contribution in [2.45, 2.75) is 32.2 Å². The van der Waals surface area contributed by atoms with Gasteiger partial charge >= 0.3 is 0 Å². The zero-order valence-corrected chi connectivity index (χ0v) is 17.3. The normalized spacial score (nSPS) is 18.7. The Hall–Kier alpha value is -2.17. The van der Waals surface area contributed by atoms with Crippen LogP contribution in [0.1, 0.15) is 31.2 Å². The largest absolute Gasteiger partial charge is 0.378 e. The van der Waals surface area contributed by atoms with Gasteiger partial charge < -0.3 is 9.64 Å². The molecule has 0 aromatic heterocycles. The van der Waals surface area contributed by atoms with Gasteiger partial charge in [-0.1, -0.05) is 54.6 Å². The fourth-order valence-corrected chi connectivity index (χ4v) is 4.42. The molecule has 2 fully saturated rings. The Morgan fingerprint density at radius 1 is 0.862 bits per heavy atom. The van der Waals surface area contributed by atoms with Crippen molar-refractivity contribution < 1.29 is 9.53 Å². The van der Waals surface area contributed by atoms with Crippen LogP contribution in [0.2, 0.25) is 0 Å². The summed E-state index contributed by atoms with van der Waals surface area (Å²) < 4.78 is 5.33. The van der Waals surface area contributed by atoms with Gasteiger partial charge in [-0.15, -0.1) is 0 Å². The molecule has 154 valence electrons. The summed E-state index contributed by atoms with van der Waals surface area (Å²) in [5.74, 6) is 1.01. The van der Waals surface area contributed by atoms with Gasteiger partial charge in [0.1, 0.15) is 0 Å². The Balaban J connectivity index is 1.19. The molecule has 29 heavy (non-hydrogen) atoms. The molecule has 0 aliphatic carbocycles. The molecule has 0 N–H and O–H groups in total. The Kier molecular flexibility index (Phi) is 6.96. The third-order valence-electron chi connectivity index (χ3n) is 6.30. The molecule has 4 heteroatoms. The lowest BCUT2D eigenvalue weighted by Gasteiger charge is -2.32. The molecule has 0 spiro atoms. The predicted molar refractivity (Wildman–Crippen MR) is 117 cm³/mol. The Labute approximate surface area is 174 Å². The van der Waals surface area contributed by atoms with Crippen molar-refractivity contribution in [2.75, 3.05) is 39.4 Å². The third kappa shape index (κ3) is 5.68. The number of hydrogen-bond donors (Lipinski definition) is 0. The fourth-order valence-electron chi connectivity index (χ4n) is 4.42. The second-order valence-electron chi connectivity index (χ2n) is 8.31. The van der Waals surface area contributed by atoms with E-state index >= 15 is 0 Å². The maximum atomic E-state index is 12.3. The number of ether oxygens (including phenoxy) is 1. The molecule has 4 rings (SSSR count). The number of benzene rings is 2. The summed E-state index contributed by atoms with van der Waals surface area (Å²) in [4.78, 5) is 16.9. The van der Waals surface area contributed by atoms with Gasteiger partial charge in [-0.05, 0) is 55.0 Å². The minimum atomic E-state index is 0.314. The monoisotopic (exact) mass is 392 g/mol. The van der Waals surface area contributed by atoms with E-state index in [4.69, 9.17) is 4.74 Å². The van der Waals surface area contributed by atoms with Crippen molar-refractivity contribution in [1.82, 2.24) is 9.80 Å². The molecule has 2 heterocycles. The van der Waals surface area contributed by atoms with Crippen molar-refractivity contribution in [2.24, 2.45) is 5.92 Å². The van der Waals surface area contributed by atoms with Crippen LogP contribution in [-0.4, -0.2) is 55.1 Å². The highest BCUT2D eigenvalue weighted by Gasteiger charge is 2.22. The maximum absolute atomic E-state index is 12.3. The number of carbonyl (C=O) groups excluding carboxylic acids is 1. The fraction of sp³-hybridized carbons (Fsp3) is 0.480. The van der Waals surface area contributed by atoms with Crippen LogP contribution in [0.4, 0.5) is 0 Å². The SMILES string of the molecule is O=C(CCC1CCN(Cc2ccc(-c3ccccc3)cc2)CC1)N1CCOCC1. The lowest BCUT2D eigenvalue weighted by Crippen LogP contribution is -2.41. The van der Waals surface area contributed by atoms with E-state index in [0.29, 0.717) is 31.5 Å². The molecule has 4 nitrogen and oxygen atoms in total. The summed E-state index contributed by atoms with van der Waals surface area (Å²) in [7, 11) is 0. The molecule has 2 aliphatic rings. The van der Waals surface area contributed by atoms with Crippen molar-refractivity contribution in [1.29, 1.82) is 0 Å². The zero-order chi connectivity index (χ0) is 19.9. The van der Waals surface area contributed by atoms with E-state index in [1.807, 2.05) is 4.90 Å². The molecule has 2 aliphatic heterocycles. The number of morpholine rings is 1. The summed E-state index contributed by atoms with van der Waals surface area (Å²) in [5, 5.41) is 0. The molecule has 2 aromatic carbocycles. The van der Waals surface area contributed by atoms with Crippen LogP contribution < -0.4 is 0 Å². The molecule has 0 unspecified atom stereocenters. The molecule has 0 saturated carbocycles. The standard InChI is InChI=1S/C25H32N2O2/c28-25(27-16-18-29-19-17-27)11-8-21-12-14-26(15-13-21)20-22-6-9-24(10-7-22)23-4-2-1-3-5-23/h1-7,9-10,21H,8,11-20H2. The maximum Gasteiger partial charge on any atom is 0.222 e. The number of rotatable bonds is 6. The number of piperidine rings is 1. The summed E-state index contributed by atoms with van der Waals surface area (Å²) in [6.45, 7) is 6.20. The van der Waals surface area contributed by atoms with Gasteiger partial charge in [0.25, 0.3) is 0 Å². The van der Waals surface area contributed by atoms with Crippen LogP contribution in [0.15, 0.2) is 54.6 Å². The van der Waals surface area contributed by atoms with E-state index < -0.39 is 0 Å². The Morgan fingerprint density at radius 3 is 2.21 bits per heavy atom. The van der Waals surface area contributed by atoms with Gasteiger partial charge in [0.15, 0.2) is 0 Å². The van der Waals surface area contributed by atoms with Gasteiger partial charge in [-0.2, -0.15) is 0 Å². The lowest BCUT2D eigenvalue weighted by atomic mass is 9.91. The summed E-state index contributed by atoms with van der Waals surface area (Å²) in [6.07, 6.45) is 4.15. The van der Waals surface area contributed by atoms with Gasteiger partial charge in [0, 0.05) is 26.1 Å². The van der Waals surface area contributed by atoms with E-state index in [0.717, 1.165) is 39.1 Å². The van der Waals surface area contributed by atoms with Gasteiger partial charge in [0.05, 0.1) is 13.2 Å². The Bertz CT molecular complexity index is 761. The van der Waals surface area contributed by atoms with E-state index in [1.54, 1.807) is 0 Å². The van der Waals surface area contributed by atoms with E-state index in [9.17, 15) is 4.79 Å². The summed E-state index contributed by atoms with van der Waals surface area (Å²) in [6, 6.07) is 19.5. The number of carbonyl (C=O) groups is 1. The number of hydrogen-bond acceptors (Lipinski definition) is 3. The highest BCUT2D eigenvalue weighted by Crippen LogP contribution is 2.25. The van der Waals surface area contributed by atoms with Gasteiger partial charge in [-0.3, -0.25) is 9.69 Å². The Morgan fingerprint density at radius 2 is 1.52 bits per heavy atom. The van der Waals surface area contributed by atoms with Crippen molar-refractivity contribution >= 4 is 5.91 Å². The molecular formula is C25H32N2O2. The average molecular weight is 393 g/mol. The summed E-state index contributed by atoms with van der Waals surface area (Å²) >= 11 is 0. The predicted octanol–water partition coefficient (Wildman–Crippen LogP) is 4.20. The quantitative estimate of drug-likeness (QED) is 0.738. The van der Waals surface area contributed by atoms with Crippen molar-refractivity contribution in [3.63, 3.8) is 0 Å². The van der Waals surface area contributed by atoms with Gasteiger partial charge in [0.2, 0.25) is 5.91 Å². The number of amides is 1. The first-order valence-corrected chi connectivity index (χ1v) is 11.0. The first-order valence-electron chi connectivity index (χ1n) is 11.0. The smallest absolute Gasteiger partial charge is 0.222 e. The second kappa shape index (κ2) is 10.0. The third-order valence-corrected chi connectivity index (χ3v) is 6.30. The molecule has 0 atom stereocenters. The van der Waals surface area contributed by atoms with Crippen molar-refractivity contribution in [3.05, 3.63) is 60.2 Å². The first kappa shape index (κ1) is 20.1. The lowest BCUT2D eigenvalue weighted by molar-refractivity contribution is -0.135. The van der Waals surface area contributed by atoms with Crippen LogP contribution in [-0.2, 0) is 16.1 Å².